The van der Waals surface area contributed by atoms with Crippen molar-refractivity contribution >= 4 is 23.8 Å². The quantitative estimate of drug-likeness (QED) is 0.199. The predicted molar refractivity (Wildman–Crippen MR) is 198 cm³/mol. The topological polar surface area (TPSA) is 172 Å². The van der Waals surface area contributed by atoms with Gasteiger partial charge in [0.15, 0.2) is 11.9 Å². The molecule has 4 heterocycles. The first-order valence-corrected chi connectivity index (χ1v) is 19.1. The molecular formula is C40H61N3O11. The monoisotopic (exact) mass is 759 g/mol. The molecule has 3 saturated heterocycles. The van der Waals surface area contributed by atoms with Crippen LogP contribution in [-0.2, 0) is 49.2 Å². The standard InChI is InChI=1S/C40H61N3O11/c1-12-18-43(10)28-19-23(4)50-37(32(28)46)53-35-25(6)33(52-30(44)20-27-16-14-15-17-41-27)26(7)36(47)51-29(13-2)40(9)34(42-38(48)54-40)24(5)31(45)22(3)21-39(35,8)49-11/h12,14-17,22-26,28-29,32-35,37,46H,1,13,18-21H2,2-11H3,(H,42,48)/t22-,23-,24+,25+,26-,28+,29-,32-,33+,34-,35-,37+,39-,40-/m1/s1. The number of methoxy groups -OCH3 is 1. The van der Waals surface area contributed by atoms with Crippen molar-refractivity contribution in [3.05, 3.63) is 42.7 Å². The SMILES string of the molecule is C=CCN(C)[C@H]1C[C@@H](C)O[C@@H](O[C@@H]2[C@@H](C)[C@H](OC(=O)Cc3ccccn3)[C@@H](C)C(=O)O[C@H](CC)[C@@]3(C)OC(=O)N[C@@H]3[C@@H](C)C(=O)[C@H](C)C[C@@]2(C)OC)[C@@H]1O. The summed E-state index contributed by atoms with van der Waals surface area (Å²) in [7, 11) is 3.39. The highest BCUT2D eigenvalue weighted by Gasteiger charge is 2.57. The first kappa shape index (κ1) is 43.3. The predicted octanol–water partition coefficient (Wildman–Crippen LogP) is 4.01. The summed E-state index contributed by atoms with van der Waals surface area (Å²) in [5, 5.41) is 14.5. The van der Waals surface area contributed by atoms with E-state index in [0.29, 0.717) is 18.7 Å². The van der Waals surface area contributed by atoms with Crippen LogP contribution in [0.15, 0.2) is 37.1 Å². The smallest absolute Gasteiger partial charge is 0.408 e. The molecule has 0 bridgehead atoms. The number of rotatable bonds is 10. The van der Waals surface area contributed by atoms with Gasteiger partial charge in [0.05, 0.1) is 41.9 Å². The summed E-state index contributed by atoms with van der Waals surface area (Å²) < 4.78 is 37.5. The molecule has 0 aliphatic carbocycles. The number of nitrogens with one attached hydrogen (secondary N) is 1. The van der Waals surface area contributed by atoms with Gasteiger partial charge in [-0.25, -0.2) is 4.79 Å². The fraction of sp³-hybridized carbons (Fsp3) is 0.725. The maximum absolute atomic E-state index is 14.3. The lowest BCUT2D eigenvalue weighted by atomic mass is 9.73. The molecule has 3 aliphatic rings. The fourth-order valence-corrected chi connectivity index (χ4v) is 8.64. The van der Waals surface area contributed by atoms with Gasteiger partial charge in [-0.05, 0) is 66.1 Å². The molecule has 3 fully saturated rings. The number of fused-ring (bicyclic) bond motifs is 1. The van der Waals surface area contributed by atoms with Crippen molar-refractivity contribution in [3.8, 4) is 0 Å². The number of aliphatic hydroxyl groups is 1. The van der Waals surface area contributed by atoms with Crippen LogP contribution in [0.3, 0.4) is 0 Å². The van der Waals surface area contributed by atoms with E-state index in [9.17, 15) is 24.3 Å². The Morgan fingerprint density at radius 1 is 1.15 bits per heavy atom. The van der Waals surface area contributed by atoms with Gasteiger partial charge in [0.1, 0.15) is 24.1 Å². The Balaban J connectivity index is 1.84. The number of carbonyl (C=O) groups excluding carboxylic acids is 4. The number of nitrogens with zero attached hydrogens (tertiary/aromatic N) is 2. The van der Waals surface area contributed by atoms with Gasteiger partial charge in [-0.1, -0.05) is 39.8 Å². The Hall–Kier alpha value is -3.43. The molecule has 14 heteroatoms. The van der Waals surface area contributed by atoms with Crippen LogP contribution in [-0.4, -0.2) is 120 Å². The summed E-state index contributed by atoms with van der Waals surface area (Å²) in [5.41, 5.74) is -2.18. The number of hydrogen-bond donors (Lipinski definition) is 2. The van der Waals surface area contributed by atoms with Crippen LogP contribution in [0.4, 0.5) is 4.79 Å². The summed E-state index contributed by atoms with van der Waals surface area (Å²) in [6.07, 6.45) is -2.32. The lowest BCUT2D eigenvalue weighted by Crippen LogP contribution is -2.61. The van der Waals surface area contributed by atoms with E-state index in [-0.39, 0.29) is 37.2 Å². The molecule has 1 aromatic heterocycles. The molecule has 1 aromatic rings. The minimum atomic E-state index is -1.38. The number of aromatic nitrogens is 1. The zero-order valence-corrected chi connectivity index (χ0v) is 33.5. The van der Waals surface area contributed by atoms with Crippen molar-refractivity contribution in [2.45, 2.75) is 141 Å². The van der Waals surface area contributed by atoms with Crippen LogP contribution >= 0.6 is 0 Å². The van der Waals surface area contributed by atoms with Crippen LogP contribution in [0, 0.1) is 23.7 Å². The maximum atomic E-state index is 14.3. The number of aliphatic hydroxyl groups excluding tert-OH is 1. The van der Waals surface area contributed by atoms with Crippen LogP contribution < -0.4 is 5.32 Å². The van der Waals surface area contributed by atoms with Crippen LogP contribution in [0.25, 0.3) is 0 Å². The van der Waals surface area contributed by atoms with Crippen molar-refractivity contribution in [2.75, 3.05) is 20.7 Å². The number of pyridine rings is 1. The van der Waals surface area contributed by atoms with Gasteiger partial charge in [-0.3, -0.25) is 24.3 Å². The average Bonchev–Trinajstić information content (AvgIpc) is 3.45. The Bertz CT molecular complexity index is 1480. The third-order valence-electron chi connectivity index (χ3n) is 11.7. The first-order chi connectivity index (χ1) is 25.4. The fourth-order valence-electron chi connectivity index (χ4n) is 8.64. The molecule has 0 unspecified atom stereocenters. The summed E-state index contributed by atoms with van der Waals surface area (Å²) in [6, 6.07) is 4.04. The lowest BCUT2D eigenvalue weighted by molar-refractivity contribution is -0.302. The Kier molecular flexibility index (Phi) is 14.4. The molecule has 0 radical (unpaired) electrons. The highest BCUT2D eigenvalue weighted by Crippen LogP contribution is 2.41. The van der Waals surface area contributed by atoms with E-state index in [1.54, 1.807) is 78.9 Å². The Morgan fingerprint density at radius 3 is 2.46 bits per heavy atom. The summed E-state index contributed by atoms with van der Waals surface area (Å²) in [6.45, 7) is 18.4. The Morgan fingerprint density at radius 2 is 1.85 bits per heavy atom. The number of alkyl carbamates (subject to hydrolysis) is 1. The van der Waals surface area contributed by atoms with Crippen molar-refractivity contribution in [3.63, 3.8) is 0 Å². The number of hydrogen-bond acceptors (Lipinski definition) is 13. The minimum absolute atomic E-state index is 0.128. The molecule has 4 rings (SSSR count). The average molecular weight is 760 g/mol. The highest BCUT2D eigenvalue weighted by molar-refractivity contribution is 5.85. The van der Waals surface area contributed by atoms with Gasteiger partial charge in [0.25, 0.3) is 0 Å². The lowest BCUT2D eigenvalue weighted by Gasteiger charge is -2.48. The van der Waals surface area contributed by atoms with Crippen LogP contribution in [0.2, 0.25) is 0 Å². The molecular weight excluding hydrogens is 698 g/mol. The molecule has 302 valence electrons. The normalized spacial score (nSPS) is 39.4. The van der Waals surface area contributed by atoms with Gasteiger partial charge in [-0.2, -0.15) is 0 Å². The van der Waals surface area contributed by atoms with Crippen molar-refractivity contribution in [1.82, 2.24) is 15.2 Å². The Labute approximate surface area is 319 Å². The van der Waals surface area contributed by atoms with E-state index in [1.807, 2.05) is 18.9 Å². The third-order valence-corrected chi connectivity index (χ3v) is 11.7. The van der Waals surface area contributed by atoms with E-state index < -0.39 is 89.7 Å². The molecule has 14 nitrogen and oxygen atoms in total. The van der Waals surface area contributed by atoms with Gasteiger partial charge in [0, 0.05) is 43.6 Å². The zero-order valence-electron chi connectivity index (χ0n) is 33.5. The minimum Gasteiger partial charge on any atom is -0.461 e. The van der Waals surface area contributed by atoms with E-state index in [2.05, 4.69) is 16.9 Å². The van der Waals surface area contributed by atoms with Gasteiger partial charge < -0.3 is 38.8 Å². The van der Waals surface area contributed by atoms with Gasteiger partial charge in [-0.15, -0.1) is 6.58 Å². The molecule has 3 aliphatic heterocycles. The van der Waals surface area contributed by atoms with Crippen molar-refractivity contribution in [1.29, 1.82) is 0 Å². The summed E-state index contributed by atoms with van der Waals surface area (Å²) in [4.78, 5) is 61.2. The van der Waals surface area contributed by atoms with Gasteiger partial charge >= 0.3 is 18.0 Å². The number of Topliss-reactive ketones (excluding diaryl/α,β-unsaturated/α-hetero) is 1. The van der Waals surface area contributed by atoms with E-state index >= 15 is 0 Å². The first-order valence-electron chi connectivity index (χ1n) is 19.1. The molecule has 1 amide bonds. The van der Waals surface area contributed by atoms with E-state index in [4.69, 9.17) is 28.4 Å². The number of amides is 1. The van der Waals surface area contributed by atoms with E-state index in [0.717, 1.165) is 0 Å². The second kappa shape index (κ2) is 18.0. The van der Waals surface area contributed by atoms with Gasteiger partial charge in [0.2, 0.25) is 0 Å². The zero-order chi connectivity index (χ0) is 40.1. The molecule has 0 saturated carbocycles. The van der Waals surface area contributed by atoms with E-state index in [1.165, 1.54) is 7.11 Å². The van der Waals surface area contributed by atoms with Crippen molar-refractivity contribution in [2.24, 2.45) is 23.7 Å². The summed E-state index contributed by atoms with van der Waals surface area (Å²) in [5.74, 6) is -4.77. The maximum Gasteiger partial charge on any atom is 0.408 e. The second-order valence-electron chi connectivity index (χ2n) is 15.8. The van der Waals surface area contributed by atoms with Crippen LogP contribution in [0.5, 0.6) is 0 Å². The molecule has 54 heavy (non-hydrogen) atoms. The molecule has 0 aromatic carbocycles. The largest absolute Gasteiger partial charge is 0.461 e. The number of ketones is 1. The number of esters is 2. The molecule has 14 atom stereocenters. The van der Waals surface area contributed by atoms with Crippen LogP contribution in [0.1, 0.15) is 80.3 Å². The highest BCUT2D eigenvalue weighted by atomic mass is 16.7. The third kappa shape index (κ3) is 9.32. The number of likely N-dealkylation sites (N-methyl/N-ethyl adjacent to an activating group) is 1. The molecule has 2 N–H and O–H groups in total. The summed E-state index contributed by atoms with van der Waals surface area (Å²) >= 11 is 0. The molecule has 0 spiro atoms. The second-order valence-corrected chi connectivity index (χ2v) is 15.8. The number of cyclic esters (lactones) is 1. The number of ether oxygens (including phenoxy) is 6. The number of carbonyl (C=O) groups is 4. The van der Waals surface area contributed by atoms with Crippen molar-refractivity contribution < 1.29 is 52.7 Å².